The van der Waals surface area contributed by atoms with Crippen molar-refractivity contribution in [1.82, 2.24) is 4.90 Å². The molecule has 0 radical (unpaired) electrons. The van der Waals surface area contributed by atoms with Crippen LogP contribution in [0.4, 0.5) is 11.4 Å². The number of nitrogens with zero attached hydrogens (tertiary/aromatic N) is 1. The molecule has 0 spiro atoms. The maximum atomic E-state index is 12.2. The van der Waals surface area contributed by atoms with Gasteiger partial charge in [0.25, 0.3) is 5.91 Å². The van der Waals surface area contributed by atoms with Crippen molar-refractivity contribution in [2.75, 3.05) is 31.3 Å². The van der Waals surface area contributed by atoms with Gasteiger partial charge in [0.15, 0.2) is 0 Å². The number of rotatable bonds is 5. The minimum Gasteiger partial charge on any atom is -0.376 e. The fraction of sp³-hybridized carbons (Fsp3) is 0.263. The molecule has 5 nitrogen and oxygen atoms in total. The predicted octanol–water partition coefficient (Wildman–Crippen LogP) is 3.06. The molecule has 24 heavy (non-hydrogen) atoms. The summed E-state index contributed by atoms with van der Waals surface area (Å²) in [6.45, 7) is 4.17. The van der Waals surface area contributed by atoms with Gasteiger partial charge in [-0.2, -0.15) is 0 Å². The number of amides is 2. The molecule has 2 rings (SSSR count). The van der Waals surface area contributed by atoms with Crippen molar-refractivity contribution in [3.63, 3.8) is 0 Å². The number of hydrogen-bond acceptors (Lipinski definition) is 3. The first-order valence-corrected chi connectivity index (χ1v) is 7.80. The van der Waals surface area contributed by atoms with Crippen molar-refractivity contribution in [2.45, 2.75) is 13.8 Å². The normalized spacial score (nSPS) is 10.2. The van der Waals surface area contributed by atoms with Gasteiger partial charge in [-0.1, -0.05) is 24.3 Å². The van der Waals surface area contributed by atoms with E-state index in [9.17, 15) is 9.59 Å². The number of anilines is 2. The van der Waals surface area contributed by atoms with Gasteiger partial charge in [-0.25, -0.2) is 0 Å². The first kappa shape index (κ1) is 17.5. The molecule has 0 aliphatic carbocycles. The number of benzene rings is 2. The zero-order valence-corrected chi connectivity index (χ0v) is 14.5. The summed E-state index contributed by atoms with van der Waals surface area (Å²) in [5.41, 5.74) is 4.32. The quantitative estimate of drug-likeness (QED) is 0.888. The van der Waals surface area contributed by atoms with Crippen LogP contribution in [0.15, 0.2) is 42.5 Å². The Labute approximate surface area is 142 Å². The summed E-state index contributed by atoms with van der Waals surface area (Å²) in [5, 5.41) is 5.98. The lowest BCUT2D eigenvalue weighted by Crippen LogP contribution is -2.24. The minimum atomic E-state index is -0.160. The largest absolute Gasteiger partial charge is 0.376 e. The van der Waals surface area contributed by atoms with Gasteiger partial charge in [0, 0.05) is 31.0 Å². The molecular formula is C19H23N3O2. The number of hydrogen-bond donors (Lipinski definition) is 2. The van der Waals surface area contributed by atoms with E-state index in [0.717, 1.165) is 16.8 Å². The van der Waals surface area contributed by atoms with Gasteiger partial charge in [-0.15, -0.1) is 0 Å². The topological polar surface area (TPSA) is 61.4 Å². The van der Waals surface area contributed by atoms with E-state index in [2.05, 4.69) is 10.6 Å². The molecule has 0 heterocycles. The van der Waals surface area contributed by atoms with E-state index in [1.165, 1.54) is 4.90 Å². The molecule has 0 saturated heterocycles. The Balaban J connectivity index is 2.00. The van der Waals surface area contributed by atoms with E-state index >= 15 is 0 Å². The van der Waals surface area contributed by atoms with Crippen molar-refractivity contribution in [3.8, 4) is 0 Å². The Morgan fingerprint density at radius 1 is 1.00 bits per heavy atom. The van der Waals surface area contributed by atoms with Crippen molar-refractivity contribution >= 4 is 23.2 Å². The van der Waals surface area contributed by atoms with Crippen LogP contribution in [-0.4, -0.2) is 37.4 Å². The summed E-state index contributed by atoms with van der Waals surface area (Å²) in [5.74, 6) is -0.258. The summed E-state index contributed by atoms with van der Waals surface area (Å²) < 4.78 is 0. The zero-order valence-electron chi connectivity index (χ0n) is 14.5. The van der Waals surface area contributed by atoms with Crippen LogP contribution in [0.25, 0.3) is 0 Å². The van der Waals surface area contributed by atoms with Crippen molar-refractivity contribution < 1.29 is 9.59 Å². The van der Waals surface area contributed by atoms with E-state index in [-0.39, 0.29) is 18.4 Å². The average Bonchev–Trinajstić information content (AvgIpc) is 2.53. The van der Waals surface area contributed by atoms with Crippen molar-refractivity contribution in [2.24, 2.45) is 0 Å². The second-order valence-electron chi connectivity index (χ2n) is 5.95. The fourth-order valence-corrected chi connectivity index (χ4v) is 2.46. The van der Waals surface area contributed by atoms with Gasteiger partial charge in [0.1, 0.15) is 0 Å². The Bertz CT molecular complexity index is 734. The third-order valence-electron chi connectivity index (χ3n) is 3.71. The van der Waals surface area contributed by atoms with E-state index in [1.807, 2.05) is 32.0 Å². The zero-order chi connectivity index (χ0) is 17.7. The van der Waals surface area contributed by atoms with Gasteiger partial charge < -0.3 is 15.5 Å². The van der Waals surface area contributed by atoms with Crippen LogP contribution in [0.3, 0.4) is 0 Å². The molecule has 2 amide bonds. The van der Waals surface area contributed by atoms with Crippen LogP contribution in [0.5, 0.6) is 0 Å². The van der Waals surface area contributed by atoms with Crippen molar-refractivity contribution in [3.05, 3.63) is 59.2 Å². The third-order valence-corrected chi connectivity index (χ3v) is 3.71. The second kappa shape index (κ2) is 7.64. The summed E-state index contributed by atoms with van der Waals surface area (Å²) >= 11 is 0. The van der Waals surface area contributed by atoms with Crippen molar-refractivity contribution in [1.29, 1.82) is 0 Å². The Kier molecular flexibility index (Phi) is 5.58. The van der Waals surface area contributed by atoms with Crippen LogP contribution >= 0.6 is 0 Å². The predicted molar refractivity (Wildman–Crippen MR) is 97.5 cm³/mol. The van der Waals surface area contributed by atoms with Crippen LogP contribution < -0.4 is 10.6 Å². The molecule has 0 atom stereocenters. The molecule has 126 valence electrons. The SMILES string of the molecule is Cc1cccc(C)c1NCC(=O)Nc1cccc(C(=O)N(C)C)c1. The average molecular weight is 325 g/mol. The highest BCUT2D eigenvalue weighted by Gasteiger charge is 2.10. The van der Waals surface area contributed by atoms with Gasteiger partial charge in [0.2, 0.25) is 5.91 Å². The van der Waals surface area contributed by atoms with E-state index in [0.29, 0.717) is 11.3 Å². The van der Waals surface area contributed by atoms with E-state index in [1.54, 1.807) is 38.4 Å². The minimum absolute atomic E-state index is 0.0974. The van der Waals surface area contributed by atoms with Crippen LogP contribution in [0.1, 0.15) is 21.5 Å². The fourth-order valence-electron chi connectivity index (χ4n) is 2.46. The van der Waals surface area contributed by atoms with Crippen LogP contribution in [0.2, 0.25) is 0 Å². The van der Waals surface area contributed by atoms with Gasteiger partial charge in [-0.3, -0.25) is 9.59 Å². The molecule has 2 N–H and O–H groups in total. The summed E-state index contributed by atoms with van der Waals surface area (Å²) in [6.07, 6.45) is 0. The smallest absolute Gasteiger partial charge is 0.253 e. The standard InChI is InChI=1S/C19H23N3O2/c1-13-7-5-8-14(2)18(13)20-12-17(23)21-16-10-6-9-15(11-16)19(24)22(3)4/h5-11,20H,12H2,1-4H3,(H,21,23). The second-order valence-corrected chi connectivity index (χ2v) is 5.95. The first-order valence-electron chi connectivity index (χ1n) is 7.80. The molecule has 2 aromatic rings. The number of aryl methyl sites for hydroxylation is 2. The third kappa shape index (κ3) is 4.35. The maximum Gasteiger partial charge on any atom is 0.253 e. The Hall–Kier alpha value is -2.82. The lowest BCUT2D eigenvalue weighted by molar-refractivity contribution is -0.114. The highest BCUT2D eigenvalue weighted by molar-refractivity contribution is 5.98. The number of nitrogens with one attached hydrogen (secondary N) is 2. The molecule has 0 saturated carbocycles. The highest BCUT2D eigenvalue weighted by atomic mass is 16.2. The molecule has 5 heteroatoms. The van der Waals surface area contributed by atoms with Crippen LogP contribution in [0, 0.1) is 13.8 Å². The number of carbonyl (C=O) groups is 2. The summed E-state index contributed by atoms with van der Waals surface area (Å²) in [4.78, 5) is 25.6. The lowest BCUT2D eigenvalue weighted by atomic mass is 10.1. The molecule has 2 aromatic carbocycles. The molecule has 0 aliphatic heterocycles. The van der Waals surface area contributed by atoms with Crippen LogP contribution in [-0.2, 0) is 4.79 Å². The molecule has 0 fully saturated rings. The Morgan fingerprint density at radius 2 is 1.62 bits per heavy atom. The monoisotopic (exact) mass is 325 g/mol. The van der Waals surface area contributed by atoms with Gasteiger partial charge in [0.05, 0.1) is 6.54 Å². The molecule has 0 bridgehead atoms. The molecular weight excluding hydrogens is 302 g/mol. The molecule has 0 aliphatic rings. The van der Waals surface area contributed by atoms with Gasteiger partial charge in [-0.05, 0) is 43.2 Å². The summed E-state index contributed by atoms with van der Waals surface area (Å²) in [7, 11) is 3.39. The number of carbonyl (C=O) groups excluding carboxylic acids is 2. The maximum absolute atomic E-state index is 12.2. The van der Waals surface area contributed by atoms with E-state index in [4.69, 9.17) is 0 Å². The molecule has 0 aromatic heterocycles. The van der Waals surface area contributed by atoms with E-state index < -0.39 is 0 Å². The summed E-state index contributed by atoms with van der Waals surface area (Å²) in [6, 6.07) is 12.9. The number of para-hydroxylation sites is 1. The Morgan fingerprint density at radius 3 is 2.25 bits per heavy atom. The first-order chi connectivity index (χ1) is 11.4. The highest BCUT2D eigenvalue weighted by Crippen LogP contribution is 2.19. The van der Waals surface area contributed by atoms with Gasteiger partial charge >= 0.3 is 0 Å². The molecule has 0 unspecified atom stereocenters. The lowest BCUT2D eigenvalue weighted by Gasteiger charge is -2.14.